The Morgan fingerprint density at radius 1 is 1.24 bits per heavy atom. The van der Waals surface area contributed by atoms with Crippen molar-refractivity contribution in [1.29, 1.82) is 0 Å². The van der Waals surface area contributed by atoms with Crippen LogP contribution in [0.25, 0.3) is 11.0 Å². The molecule has 2 aromatic heterocycles. The quantitative estimate of drug-likeness (QED) is 0.809. The van der Waals surface area contributed by atoms with E-state index in [2.05, 4.69) is 20.3 Å². The second-order valence-corrected chi connectivity index (χ2v) is 8.69. The Kier molecular flexibility index (Phi) is 5.88. The minimum atomic E-state index is -0.0217. The standard InChI is InChI=1S/C22H33N5O2/c1-4-27-20-19(17(3)25-27)18(13-16(2)24-20)21(28)23-14-22(7-11-29-12-8-22)15-26-9-5-6-10-26/h13H,4-12,14-15H2,1-3H3,(H,23,28). The highest BCUT2D eigenvalue weighted by Crippen LogP contribution is 2.32. The van der Waals surface area contributed by atoms with Crippen LogP contribution in [0.1, 0.15) is 54.4 Å². The third-order valence-corrected chi connectivity index (χ3v) is 6.48. The number of nitrogens with one attached hydrogen (secondary N) is 1. The maximum absolute atomic E-state index is 13.3. The van der Waals surface area contributed by atoms with E-state index in [0.717, 1.165) is 61.6 Å². The molecule has 1 amide bonds. The summed E-state index contributed by atoms with van der Waals surface area (Å²) in [6, 6.07) is 1.89. The summed E-state index contributed by atoms with van der Waals surface area (Å²) in [5.74, 6) is -0.0217. The van der Waals surface area contributed by atoms with Gasteiger partial charge in [0, 0.05) is 44.0 Å². The number of nitrogens with zero attached hydrogens (tertiary/aromatic N) is 4. The Balaban J connectivity index is 1.56. The molecule has 2 fully saturated rings. The molecule has 7 nitrogen and oxygen atoms in total. The lowest BCUT2D eigenvalue weighted by molar-refractivity contribution is -0.000621. The second-order valence-electron chi connectivity index (χ2n) is 8.69. The van der Waals surface area contributed by atoms with Crippen molar-refractivity contribution in [2.45, 2.75) is 53.0 Å². The molecule has 2 aliphatic heterocycles. The molecule has 0 spiro atoms. The lowest BCUT2D eigenvalue weighted by atomic mass is 9.79. The number of carbonyl (C=O) groups is 1. The first-order chi connectivity index (χ1) is 14.0. The SMILES string of the molecule is CCn1nc(C)c2c(C(=O)NCC3(CN4CCCC4)CCOCC3)cc(C)nc21. The number of hydrogen-bond donors (Lipinski definition) is 1. The summed E-state index contributed by atoms with van der Waals surface area (Å²) in [6.45, 7) is 12.3. The first kappa shape index (κ1) is 20.3. The van der Waals surface area contributed by atoms with Gasteiger partial charge >= 0.3 is 0 Å². The van der Waals surface area contributed by atoms with Gasteiger partial charge in [-0.25, -0.2) is 9.67 Å². The normalized spacial score (nSPS) is 19.7. The summed E-state index contributed by atoms with van der Waals surface area (Å²) in [5, 5.41) is 8.72. The summed E-state index contributed by atoms with van der Waals surface area (Å²) < 4.78 is 7.51. The first-order valence-corrected chi connectivity index (χ1v) is 10.9. The zero-order valence-corrected chi connectivity index (χ0v) is 18.0. The number of carbonyl (C=O) groups excluding carboxylic acids is 1. The highest BCUT2D eigenvalue weighted by atomic mass is 16.5. The average Bonchev–Trinajstić information content (AvgIpc) is 3.33. The van der Waals surface area contributed by atoms with Crippen LogP contribution < -0.4 is 5.32 Å². The molecule has 0 aromatic carbocycles. The van der Waals surface area contributed by atoms with Crippen molar-refractivity contribution in [1.82, 2.24) is 25.0 Å². The van der Waals surface area contributed by atoms with Crippen LogP contribution in [0.15, 0.2) is 6.07 Å². The van der Waals surface area contributed by atoms with Crippen LogP contribution in [0.4, 0.5) is 0 Å². The predicted molar refractivity (Wildman–Crippen MR) is 113 cm³/mol. The first-order valence-electron chi connectivity index (χ1n) is 10.9. The molecule has 4 rings (SSSR count). The summed E-state index contributed by atoms with van der Waals surface area (Å²) in [7, 11) is 0. The molecule has 0 saturated carbocycles. The third kappa shape index (κ3) is 4.16. The van der Waals surface area contributed by atoms with Gasteiger partial charge in [0.1, 0.15) is 0 Å². The van der Waals surface area contributed by atoms with Gasteiger partial charge in [0.2, 0.25) is 0 Å². The summed E-state index contributed by atoms with van der Waals surface area (Å²) in [6.07, 6.45) is 4.57. The number of amides is 1. The van der Waals surface area contributed by atoms with Crippen LogP contribution in [-0.2, 0) is 11.3 Å². The van der Waals surface area contributed by atoms with Crippen LogP contribution in [-0.4, -0.2) is 65.0 Å². The van der Waals surface area contributed by atoms with Crippen LogP contribution in [0.3, 0.4) is 0 Å². The molecule has 158 valence electrons. The van der Waals surface area contributed by atoms with Crippen molar-refractivity contribution in [3.63, 3.8) is 0 Å². The van der Waals surface area contributed by atoms with Gasteiger partial charge in [-0.2, -0.15) is 5.10 Å². The van der Waals surface area contributed by atoms with Crippen molar-refractivity contribution in [2.75, 3.05) is 39.4 Å². The van der Waals surface area contributed by atoms with Crippen molar-refractivity contribution in [3.8, 4) is 0 Å². The van der Waals surface area contributed by atoms with E-state index in [9.17, 15) is 4.79 Å². The fourth-order valence-corrected chi connectivity index (χ4v) is 4.85. The maximum atomic E-state index is 13.3. The van der Waals surface area contributed by atoms with E-state index >= 15 is 0 Å². The molecule has 2 saturated heterocycles. The van der Waals surface area contributed by atoms with Gasteiger partial charge in [0.25, 0.3) is 5.91 Å². The van der Waals surface area contributed by atoms with E-state index in [0.29, 0.717) is 12.1 Å². The smallest absolute Gasteiger partial charge is 0.252 e. The average molecular weight is 400 g/mol. The topological polar surface area (TPSA) is 72.3 Å². The van der Waals surface area contributed by atoms with Crippen LogP contribution in [0, 0.1) is 19.3 Å². The monoisotopic (exact) mass is 399 g/mol. The van der Waals surface area contributed by atoms with E-state index in [1.54, 1.807) is 0 Å². The minimum absolute atomic E-state index is 0.0217. The second kappa shape index (κ2) is 8.40. The van der Waals surface area contributed by atoms with Gasteiger partial charge in [-0.15, -0.1) is 0 Å². The third-order valence-electron chi connectivity index (χ3n) is 6.48. The highest BCUT2D eigenvalue weighted by Gasteiger charge is 2.35. The van der Waals surface area contributed by atoms with Gasteiger partial charge in [-0.3, -0.25) is 4.79 Å². The lowest BCUT2D eigenvalue weighted by Crippen LogP contribution is -2.48. The fraction of sp³-hybridized carbons (Fsp3) is 0.682. The number of fused-ring (bicyclic) bond motifs is 1. The number of aryl methyl sites for hydroxylation is 3. The molecule has 7 heteroatoms. The van der Waals surface area contributed by atoms with E-state index in [1.807, 2.05) is 31.5 Å². The number of rotatable bonds is 6. The number of ether oxygens (including phenoxy) is 1. The van der Waals surface area contributed by atoms with E-state index in [1.165, 1.54) is 25.9 Å². The maximum Gasteiger partial charge on any atom is 0.252 e. The Hall–Kier alpha value is -1.99. The molecule has 0 aliphatic carbocycles. The van der Waals surface area contributed by atoms with E-state index < -0.39 is 0 Å². The fourth-order valence-electron chi connectivity index (χ4n) is 4.85. The molecular formula is C22H33N5O2. The van der Waals surface area contributed by atoms with Gasteiger partial charge in [0.15, 0.2) is 5.65 Å². The number of likely N-dealkylation sites (tertiary alicyclic amines) is 1. The van der Waals surface area contributed by atoms with Gasteiger partial charge in [-0.1, -0.05) is 0 Å². The summed E-state index contributed by atoms with van der Waals surface area (Å²) >= 11 is 0. The Labute approximate surface area is 172 Å². The van der Waals surface area contributed by atoms with Gasteiger partial charge in [-0.05, 0) is 65.6 Å². The molecule has 0 atom stereocenters. The number of pyridine rings is 1. The number of aromatic nitrogens is 3. The molecule has 1 N–H and O–H groups in total. The van der Waals surface area contributed by atoms with Crippen molar-refractivity contribution in [2.24, 2.45) is 5.41 Å². The van der Waals surface area contributed by atoms with Gasteiger partial charge < -0.3 is 15.0 Å². The molecule has 0 bridgehead atoms. The molecule has 2 aromatic rings. The van der Waals surface area contributed by atoms with Crippen LogP contribution in [0.2, 0.25) is 0 Å². The zero-order valence-electron chi connectivity index (χ0n) is 18.0. The Morgan fingerprint density at radius 3 is 2.66 bits per heavy atom. The largest absolute Gasteiger partial charge is 0.381 e. The van der Waals surface area contributed by atoms with E-state index in [-0.39, 0.29) is 11.3 Å². The molecule has 29 heavy (non-hydrogen) atoms. The summed E-state index contributed by atoms with van der Waals surface area (Å²) in [5.41, 5.74) is 3.29. The van der Waals surface area contributed by atoms with Gasteiger partial charge in [0.05, 0.1) is 16.6 Å². The minimum Gasteiger partial charge on any atom is -0.381 e. The molecular weight excluding hydrogens is 366 g/mol. The van der Waals surface area contributed by atoms with E-state index in [4.69, 9.17) is 4.74 Å². The van der Waals surface area contributed by atoms with Crippen molar-refractivity contribution >= 4 is 16.9 Å². The van der Waals surface area contributed by atoms with Crippen LogP contribution >= 0.6 is 0 Å². The molecule has 0 radical (unpaired) electrons. The molecule has 0 unspecified atom stereocenters. The predicted octanol–water partition coefficient (Wildman–Crippen LogP) is 2.69. The molecule has 4 heterocycles. The number of hydrogen-bond acceptors (Lipinski definition) is 5. The Bertz CT molecular complexity index is 879. The lowest BCUT2D eigenvalue weighted by Gasteiger charge is -2.40. The molecule has 2 aliphatic rings. The summed E-state index contributed by atoms with van der Waals surface area (Å²) in [4.78, 5) is 20.5. The Morgan fingerprint density at radius 2 is 1.97 bits per heavy atom. The zero-order chi connectivity index (χ0) is 20.4. The van der Waals surface area contributed by atoms with Crippen molar-refractivity contribution < 1.29 is 9.53 Å². The van der Waals surface area contributed by atoms with Crippen LogP contribution in [0.5, 0.6) is 0 Å². The van der Waals surface area contributed by atoms with Crippen molar-refractivity contribution in [3.05, 3.63) is 23.0 Å². The highest BCUT2D eigenvalue weighted by molar-refractivity contribution is 6.06.